The highest BCUT2D eigenvalue weighted by atomic mass is 16.5. The summed E-state index contributed by atoms with van der Waals surface area (Å²) in [7, 11) is 0. The van der Waals surface area contributed by atoms with Crippen LogP contribution >= 0.6 is 0 Å². The third kappa shape index (κ3) is 4.06. The SMILES string of the molecule is CCCOC(C(=O)CCC)c1cc(C)c(O)c(C)c1. The molecule has 0 heterocycles. The van der Waals surface area contributed by atoms with Crippen LogP contribution in [0.4, 0.5) is 0 Å². The van der Waals surface area contributed by atoms with E-state index in [1.807, 2.05) is 39.8 Å². The molecule has 19 heavy (non-hydrogen) atoms. The van der Waals surface area contributed by atoms with Gasteiger partial charge >= 0.3 is 0 Å². The van der Waals surface area contributed by atoms with Crippen LogP contribution in [0.25, 0.3) is 0 Å². The van der Waals surface area contributed by atoms with Gasteiger partial charge in [0.25, 0.3) is 0 Å². The summed E-state index contributed by atoms with van der Waals surface area (Å²) in [6.07, 6.45) is 1.72. The number of rotatable bonds is 7. The second-order valence-corrected chi connectivity index (χ2v) is 4.97. The van der Waals surface area contributed by atoms with Crippen LogP contribution in [0.3, 0.4) is 0 Å². The normalized spacial score (nSPS) is 12.4. The zero-order valence-electron chi connectivity index (χ0n) is 12.3. The van der Waals surface area contributed by atoms with Crippen molar-refractivity contribution in [3.63, 3.8) is 0 Å². The van der Waals surface area contributed by atoms with Gasteiger partial charge in [0.05, 0.1) is 0 Å². The van der Waals surface area contributed by atoms with Crippen LogP contribution in [0.15, 0.2) is 12.1 Å². The molecule has 1 aromatic rings. The first kappa shape index (κ1) is 15.7. The summed E-state index contributed by atoms with van der Waals surface area (Å²) in [5.41, 5.74) is 2.41. The molecule has 0 aliphatic heterocycles. The molecule has 1 unspecified atom stereocenters. The van der Waals surface area contributed by atoms with Gasteiger partial charge in [-0.3, -0.25) is 4.79 Å². The van der Waals surface area contributed by atoms with E-state index in [4.69, 9.17) is 4.74 Å². The van der Waals surface area contributed by atoms with Crippen LogP contribution in [-0.2, 0) is 9.53 Å². The lowest BCUT2D eigenvalue weighted by molar-refractivity contribution is -0.131. The number of hydrogen-bond acceptors (Lipinski definition) is 3. The Kier molecular flexibility index (Phi) is 6.03. The molecular formula is C16H24O3. The topological polar surface area (TPSA) is 46.5 Å². The molecule has 0 aliphatic carbocycles. The first-order valence-corrected chi connectivity index (χ1v) is 6.95. The number of benzene rings is 1. The molecule has 0 bridgehead atoms. The molecule has 0 saturated heterocycles. The molecule has 3 nitrogen and oxygen atoms in total. The maximum Gasteiger partial charge on any atom is 0.166 e. The highest BCUT2D eigenvalue weighted by molar-refractivity contribution is 5.84. The number of aromatic hydroxyl groups is 1. The lowest BCUT2D eigenvalue weighted by atomic mass is 9.97. The van der Waals surface area contributed by atoms with Gasteiger partial charge in [0.2, 0.25) is 0 Å². The minimum atomic E-state index is -0.502. The summed E-state index contributed by atoms with van der Waals surface area (Å²) in [6, 6.07) is 3.69. The summed E-state index contributed by atoms with van der Waals surface area (Å²) in [6.45, 7) is 8.26. The number of carbonyl (C=O) groups is 1. The van der Waals surface area contributed by atoms with E-state index in [-0.39, 0.29) is 5.78 Å². The zero-order chi connectivity index (χ0) is 14.4. The summed E-state index contributed by atoms with van der Waals surface area (Å²) in [4.78, 5) is 12.2. The number of ether oxygens (including phenoxy) is 1. The van der Waals surface area contributed by atoms with E-state index in [0.717, 1.165) is 29.5 Å². The molecule has 0 amide bonds. The standard InChI is InChI=1S/C16H24O3/c1-5-7-14(17)16(19-8-6-2)13-9-11(3)15(18)12(4)10-13/h9-10,16,18H,5-8H2,1-4H3. The quantitative estimate of drug-likeness (QED) is 0.813. The van der Waals surface area contributed by atoms with Gasteiger partial charge in [0.1, 0.15) is 11.9 Å². The van der Waals surface area contributed by atoms with Crippen molar-refractivity contribution in [1.29, 1.82) is 0 Å². The minimum absolute atomic E-state index is 0.112. The van der Waals surface area contributed by atoms with Crippen LogP contribution in [0, 0.1) is 13.8 Å². The first-order chi connectivity index (χ1) is 9.01. The van der Waals surface area contributed by atoms with Gasteiger partial charge in [-0.15, -0.1) is 0 Å². The molecular weight excluding hydrogens is 240 g/mol. The number of hydrogen-bond donors (Lipinski definition) is 1. The van der Waals surface area contributed by atoms with Crippen LogP contribution in [0.1, 0.15) is 55.9 Å². The fraction of sp³-hybridized carbons (Fsp3) is 0.562. The van der Waals surface area contributed by atoms with Crippen molar-refractivity contribution in [1.82, 2.24) is 0 Å². The fourth-order valence-electron chi connectivity index (χ4n) is 2.13. The second kappa shape index (κ2) is 7.29. The second-order valence-electron chi connectivity index (χ2n) is 4.97. The number of ketones is 1. The summed E-state index contributed by atoms with van der Waals surface area (Å²) in [5.74, 6) is 0.404. The molecule has 0 radical (unpaired) electrons. The molecule has 1 aromatic carbocycles. The molecule has 1 atom stereocenters. The molecule has 0 saturated carbocycles. The number of carbonyl (C=O) groups excluding carboxylic acids is 1. The van der Waals surface area contributed by atoms with Gasteiger partial charge in [-0.2, -0.15) is 0 Å². The molecule has 3 heteroatoms. The third-order valence-electron chi connectivity index (χ3n) is 3.09. The van der Waals surface area contributed by atoms with Crippen molar-refractivity contribution in [2.75, 3.05) is 6.61 Å². The Labute approximate surface area is 115 Å². The Morgan fingerprint density at radius 2 is 1.79 bits per heavy atom. The van der Waals surface area contributed by atoms with E-state index < -0.39 is 6.10 Å². The number of aryl methyl sites for hydroxylation is 2. The van der Waals surface area contributed by atoms with Gasteiger partial charge < -0.3 is 9.84 Å². The highest BCUT2D eigenvalue weighted by Crippen LogP contribution is 2.29. The summed E-state index contributed by atoms with van der Waals surface area (Å²) < 4.78 is 5.71. The maximum absolute atomic E-state index is 12.2. The van der Waals surface area contributed by atoms with E-state index in [1.54, 1.807) is 0 Å². The Balaban J connectivity index is 3.06. The third-order valence-corrected chi connectivity index (χ3v) is 3.09. The van der Waals surface area contributed by atoms with E-state index >= 15 is 0 Å². The van der Waals surface area contributed by atoms with Gasteiger partial charge in [0.15, 0.2) is 5.78 Å². The van der Waals surface area contributed by atoms with Crippen LogP contribution < -0.4 is 0 Å². The predicted octanol–water partition coefficient (Wildman–Crippen LogP) is 3.85. The van der Waals surface area contributed by atoms with Gasteiger partial charge in [-0.05, 0) is 55.5 Å². The fourth-order valence-corrected chi connectivity index (χ4v) is 2.13. The molecule has 1 N–H and O–H groups in total. The maximum atomic E-state index is 12.2. The van der Waals surface area contributed by atoms with E-state index in [1.165, 1.54) is 0 Å². The lowest BCUT2D eigenvalue weighted by Crippen LogP contribution is -2.17. The smallest absolute Gasteiger partial charge is 0.166 e. The number of phenols is 1. The van der Waals surface area contributed by atoms with Crippen LogP contribution in [-0.4, -0.2) is 17.5 Å². The Bertz CT molecular complexity index is 415. The van der Waals surface area contributed by atoms with E-state index in [0.29, 0.717) is 18.8 Å². The Hall–Kier alpha value is -1.35. The zero-order valence-corrected chi connectivity index (χ0v) is 12.3. The molecule has 0 aromatic heterocycles. The summed E-state index contributed by atoms with van der Waals surface area (Å²) >= 11 is 0. The van der Waals surface area contributed by atoms with Crippen LogP contribution in [0.5, 0.6) is 5.75 Å². The number of phenolic OH excluding ortho intramolecular Hbond substituents is 1. The molecule has 1 rings (SSSR count). The molecule has 0 spiro atoms. The van der Waals surface area contributed by atoms with Crippen molar-refractivity contribution in [3.05, 3.63) is 28.8 Å². The lowest BCUT2D eigenvalue weighted by Gasteiger charge is -2.18. The van der Waals surface area contributed by atoms with Crippen molar-refractivity contribution in [2.24, 2.45) is 0 Å². The van der Waals surface area contributed by atoms with E-state index in [9.17, 15) is 9.90 Å². The predicted molar refractivity (Wildman–Crippen MR) is 76.5 cm³/mol. The van der Waals surface area contributed by atoms with Gasteiger partial charge in [-0.25, -0.2) is 0 Å². The Morgan fingerprint density at radius 1 is 1.21 bits per heavy atom. The van der Waals surface area contributed by atoms with E-state index in [2.05, 4.69) is 0 Å². The summed E-state index contributed by atoms with van der Waals surface area (Å²) in [5, 5.41) is 9.80. The average Bonchev–Trinajstić information content (AvgIpc) is 2.36. The largest absolute Gasteiger partial charge is 0.507 e. The van der Waals surface area contributed by atoms with Crippen molar-refractivity contribution in [3.8, 4) is 5.75 Å². The van der Waals surface area contributed by atoms with Crippen molar-refractivity contribution >= 4 is 5.78 Å². The first-order valence-electron chi connectivity index (χ1n) is 6.95. The molecule has 0 aliphatic rings. The van der Waals surface area contributed by atoms with Gasteiger partial charge in [-0.1, -0.05) is 13.8 Å². The average molecular weight is 264 g/mol. The van der Waals surface area contributed by atoms with Crippen LogP contribution in [0.2, 0.25) is 0 Å². The number of Topliss-reactive ketones (excluding diaryl/α,β-unsaturated/α-hetero) is 1. The Morgan fingerprint density at radius 3 is 2.26 bits per heavy atom. The highest BCUT2D eigenvalue weighted by Gasteiger charge is 2.21. The minimum Gasteiger partial charge on any atom is -0.507 e. The van der Waals surface area contributed by atoms with Gasteiger partial charge in [0, 0.05) is 13.0 Å². The van der Waals surface area contributed by atoms with Crippen molar-refractivity contribution in [2.45, 2.75) is 53.1 Å². The molecule has 0 fully saturated rings. The molecule has 106 valence electrons. The monoisotopic (exact) mass is 264 g/mol. The van der Waals surface area contributed by atoms with Crippen molar-refractivity contribution < 1.29 is 14.6 Å².